The molecule has 0 unspecified atom stereocenters. The Balaban J connectivity index is 1.90. The molecule has 0 fully saturated rings. The molecule has 0 saturated carbocycles. The molecular weight excluding hydrogens is 378 g/mol. The maximum Gasteiger partial charge on any atom is 0.237 e. The molecule has 132 valence electrons. The van der Waals surface area contributed by atoms with Crippen molar-refractivity contribution in [3.8, 4) is 6.07 Å². The largest absolute Gasteiger partial charge is 0.360 e. The summed E-state index contributed by atoms with van der Waals surface area (Å²) in [5, 5.41) is 23.8. The lowest BCUT2D eigenvalue weighted by molar-refractivity contribution is -0.115. The van der Waals surface area contributed by atoms with Gasteiger partial charge in [-0.3, -0.25) is 4.79 Å². The van der Waals surface area contributed by atoms with E-state index in [-0.39, 0.29) is 11.2 Å². The maximum absolute atomic E-state index is 12.3. The van der Waals surface area contributed by atoms with Crippen LogP contribution in [-0.2, 0) is 4.79 Å². The number of nitriles is 1. The first-order chi connectivity index (χ1) is 12.0. The molecule has 25 heavy (non-hydrogen) atoms. The number of aromatic nitrogens is 2. The van der Waals surface area contributed by atoms with Gasteiger partial charge in [0, 0.05) is 12.2 Å². The van der Waals surface area contributed by atoms with Crippen LogP contribution in [0.1, 0.15) is 32.3 Å². The van der Waals surface area contributed by atoms with Crippen LogP contribution in [0.3, 0.4) is 0 Å². The number of anilines is 2. The Morgan fingerprint density at radius 3 is 2.96 bits per heavy atom. The maximum atomic E-state index is 12.3. The van der Waals surface area contributed by atoms with Crippen molar-refractivity contribution in [1.29, 1.82) is 5.26 Å². The van der Waals surface area contributed by atoms with E-state index in [0.717, 1.165) is 28.9 Å². The van der Waals surface area contributed by atoms with E-state index in [1.165, 1.54) is 23.1 Å². The Morgan fingerprint density at radius 1 is 1.48 bits per heavy atom. The smallest absolute Gasteiger partial charge is 0.237 e. The van der Waals surface area contributed by atoms with E-state index in [0.29, 0.717) is 16.3 Å². The van der Waals surface area contributed by atoms with Gasteiger partial charge in [0.15, 0.2) is 4.34 Å². The summed E-state index contributed by atoms with van der Waals surface area (Å²) in [7, 11) is 0. The summed E-state index contributed by atoms with van der Waals surface area (Å²) in [6.45, 7) is 4.80. The minimum atomic E-state index is -0.342. The molecule has 9 heteroatoms. The highest BCUT2D eigenvalue weighted by molar-refractivity contribution is 8.02. The van der Waals surface area contributed by atoms with Crippen LogP contribution < -0.4 is 10.6 Å². The average Bonchev–Trinajstić information content (AvgIpc) is 3.02. The zero-order valence-electron chi connectivity index (χ0n) is 13.9. The van der Waals surface area contributed by atoms with Gasteiger partial charge in [0.2, 0.25) is 11.0 Å². The molecule has 0 aliphatic heterocycles. The fourth-order valence-electron chi connectivity index (χ4n) is 1.83. The average molecular weight is 396 g/mol. The Kier molecular flexibility index (Phi) is 7.50. The first-order valence-corrected chi connectivity index (χ1v) is 9.85. The van der Waals surface area contributed by atoms with Gasteiger partial charge < -0.3 is 10.6 Å². The fraction of sp³-hybridized carbons (Fsp3) is 0.375. The van der Waals surface area contributed by atoms with Gasteiger partial charge in [-0.25, -0.2) is 0 Å². The summed E-state index contributed by atoms with van der Waals surface area (Å²) in [5.41, 5.74) is 0.930. The Bertz CT molecular complexity index is 774. The third kappa shape index (κ3) is 5.88. The van der Waals surface area contributed by atoms with Crippen molar-refractivity contribution >= 4 is 51.4 Å². The molecular formula is C16H18ClN5OS2. The predicted molar refractivity (Wildman–Crippen MR) is 103 cm³/mol. The summed E-state index contributed by atoms with van der Waals surface area (Å²) in [6.07, 6.45) is 2.19. The molecule has 0 saturated heterocycles. The highest BCUT2D eigenvalue weighted by Gasteiger charge is 2.17. The van der Waals surface area contributed by atoms with Crippen molar-refractivity contribution in [2.24, 2.45) is 0 Å². The van der Waals surface area contributed by atoms with Gasteiger partial charge in [-0.05, 0) is 31.5 Å². The minimum absolute atomic E-state index is 0.165. The van der Waals surface area contributed by atoms with Crippen LogP contribution in [0.2, 0.25) is 5.02 Å². The van der Waals surface area contributed by atoms with Crippen molar-refractivity contribution < 1.29 is 4.79 Å². The van der Waals surface area contributed by atoms with Crippen molar-refractivity contribution in [3.63, 3.8) is 0 Å². The zero-order chi connectivity index (χ0) is 18.2. The number of hydrogen-bond acceptors (Lipinski definition) is 7. The summed E-state index contributed by atoms with van der Waals surface area (Å²) in [5.74, 6) is -0.165. The number of nitrogens with one attached hydrogen (secondary N) is 2. The summed E-state index contributed by atoms with van der Waals surface area (Å²) >= 11 is 8.76. The molecule has 0 spiro atoms. The lowest BCUT2D eigenvalue weighted by Gasteiger charge is -2.10. The van der Waals surface area contributed by atoms with Crippen LogP contribution in [0.25, 0.3) is 0 Å². The Labute approximate surface area is 160 Å². The Hall–Kier alpha value is -1.82. The minimum Gasteiger partial charge on any atom is -0.360 e. The number of carbonyl (C=O) groups is 1. The summed E-state index contributed by atoms with van der Waals surface area (Å²) in [4.78, 5) is 12.3. The molecule has 0 radical (unpaired) electrons. The highest BCUT2D eigenvalue weighted by Crippen LogP contribution is 2.29. The first kappa shape index (κ1) is 19.5. The normalized spacial score (nSPS) is 11.6. The molecule has 1 amide bonds. The topological polar surface area (TPSA) is 90.7 Å². The molecule has 0 aliphatic rings. The van der Waals surface area contributed by atoms with E-state index in [9.17, 15) is 4.79 Å². The number of halogens is 1. The number of unbranched alkanes of at least 4 members (excludes halogenated alkanes) is 1. The standard InChI is InChI=1S/C16H18ClN5OS2/c1-3-4-7-19-15-21-22-16(25-15)24-10(2)14(23)20-12-6-5-11(9-18)13(17)8-12/h5-6,8,10H,3-4,7H2,1-2H3,(H,19,21)(H,20,23)/t10-/m0/s1. The van der Waals surface area contributed by atoms with Crippen LogP contribution in [0.4, 0.5) is 10.8 Å². The summed E-state index contributed by atoms with van der Waals surface area (Å²) in [6, 6.07) is 6.78. The van der Waals surface area contributed by atoms with Gasteiger partial charge in [0.25, 0.3) is 0 Å². The first-order valence-electron chi connectivity index (χ1n) is 7.78. The van der Waals surface area contributed by atoms with E-state index in [4.69, 9.17) is 16.9 Å². The number of amides is 1. The molecule has 2 aromatic rings. The number of rotatable bonds is 8. The van der Waals surface area contributed by atoms with Crippen LogP contribution >= 0.6 is 34.7 Å². The molecule has 0 aliphatic carbocycles. The molecule has 1 heterocycles. The third-order valence-corrected chi connectivity index (χ3v) is 5.59. The van der Waals surface area contributed by atoms with Gasteiger partial charge in [-0.2, -0.15) is 5.26 Å². The predicted octanol–water partition coefficient (Wildman–Crippen LogP) is 4.39. The molecule has 1 aromatic heterocycles. The molecule has 2 rings (SSSR count). The van der Waals surface area contributed by atoms with Gasteiger partial charge in [-0.1, -0.05) is 48.0 Å². The van der Waals surface area contributed by atoms with E-state index < -0.39 is 0 Å². The fourth-order valence-corrected chi connectivity index (χ4v) is 3.98. The highest BCUT2D eigenvalue weighted by atomic mass is 35.5. The lowest BCUT2D eigenvalue weighted by atomic mass is 10.2. The lowest BCUT2D eigenvalue weighted by Crippen LogP contribution is -2.22. The van der Waals surface area contributed by atoms with E-state index >= 15 is 0 Å². The molecule has 6 nitrogen and oxygen atoms in total. The number of hydrogen-bond donors (Lipinski definition) is 2. The van der Waals surface area contributed by atoms with E-state index in [2.05, 4.69) is 27.8 Å². The van der Waals surface area contributed by atoms with E-state index in [1.54, 1.807) is 25.1 Å². The second-order valence-electron chi connectivity index (χ2n) is 5.21. The van der Waals surface area contributed by atoms with Crippen LogP contribution in [0.15, 0.2) is 22.5 Å². The Morgan fingerprint density at radius 2 is 2.28 bits per heavy atom. The van der Waals surface area contributed by atoms with Crippen LogP contribution in [0.5, 0.6) is 0 Å². The van der Waals surface area contributed by atoms with Crippen molar-refractivity contribution in [2.45, 2.75) is 36.3 Å². The van der Waals surface area contributed by atoms with Gasteiger partial charge in [-0.15, -0.1) is 10.2 Å². The van der Waals surface area contributed by atoms with Crippen molar-refractivity contribution in [3.05, 3.63) is 28.8 Å². The monoisotopic (exact) mass is 395 g/mol. The molecule has 1 atom stereocenters. The zero-order valence-corrected chi connectivity index (χ0v) is 16.3. The van der Waals surface area contributed by atoms with Crippen molar-refractivity contribution in [2.75, 3.05) is 17.2 Å². The second kappa shape index (κ2) is 9.61. The van der Waals surface area contributed by atoms with Crippen molar-refractivity contribution in [1.82, 2.24) is 10.2 Å². The number of nitrogens with zero attached hydrogens (tertiary/aromatic N) is 3. The number of benzene rings is 1. The van der Waals surface area contributed by atoms with Gasteiger partial charge in [0.1, 0.15) is 6.07 Å². The number of carbonyl (C=O) groups excluding carboxylic acids is 1. The molecule has 1 aromatic carbocycles. The second-order valence-corrected chi connectivity index (χ2v) is 8.18. The molecule has 2 N–H and O–H groups in total. The summed E-state index contributed by atoms with van der Waals surface area (Å²) < 4.78 is 0.736. The van der Waals surface area contributed by atoms with Gasteiger partial charge in [0.05, 0.1) is 15.8 Å². The van der Waals surface area contributed by atoms with Gasteiger partial charge >= 0.3 is 0 Å². The molecule has 0 bridgehead atoms. The van der Waals surface area contributed by atoms with E-state index in [1.807, 2.05) is 6.07 Å². The SMILES string of the molecule is CCCCNc1nnc(S[C@@H](C)C(=O)Nc2ccc(C#N)c(Cl)c2)s1. The van der Waals surface area contributed by atoms with Crippen LogP contribution in [-0.4, -0.2) is 27.9 Å². The van der Waals surface area contributed by atoms with Crippen LogP contribution in [0, 0.1) is 11.3 Å². The third-order valence-electron chi connectivity index (χ3n) is 3.22. The number of thioether (sulfide) groups is 1. The quantitative estimate of drug-likeness (QED) is 0.508.